The van der Waals surface area contributed by atoms with Gasteiger partial charge < -0.3 is 14.0 Å². The Kier molecular flexibility index (Phi) is 5.95. The van der Waals surface area contributed by atoms with E-state index in [9.17, 15) is 14.4 Å². The molecule has 0 radical (unpaired) electrons. The maximum Gasteiger partial charge on any atom is 0.337 e. The second-order valence-corrected chi connectivity index (χ2v) is 9.14. The van der Waals surface area contributed by atoms with E-state index in [1.54, 1.807) is 28.8 Å². The van der Waals surface area contributed by atoms with Gasteiger partial charge in [0.05, 0.1) is 43.0 Å². The van der Waals surface area contributed by atoms with Gasteiger partial charge in [0.25, 0.3) is 5.56 Å². The van der Waals surface area contributed by atoms with E-state index in [0.29, 0.717) is 33.6 Å². The van der Waals surface area contributed by atoms with Crippen molar-refractivity contribution in [2.45, 2.75) is 20.4 Å². The second-order valence-electron chi connectivity index (χ2n) is 9.14. The van der Waals surface area contributed by atoms with Crippen LogP contribution >= 0.6 is 0 Å². The number of rotatable bonds is 5. The van der Waals surface area contributed by atoms with Gasteiger partial charge in [0.1, 0.15) is 11.3 Å². The van der Waals surface area contributed by atoms with E-state index in [4.69, 9.17) is 9.47 Å². The Morgan fingerprint density at radius 3 is 2.35 bits per heavy atom. The van der Waals surface area contributed by atoms with Crippen LogP contribution in [0.5, 0.6) is 5.75 Å². The van der Waals surface area contributed by atoms with Crippen molar-refractivity contribution in [2.24, 2.45) is 7.05 Å². The SMILES string of the molecule is COC(=O)c1ccc(OC)c(Cn2c(=O)n(-c3cccc(C)c3)c(=O)c3c2c2cc(C)ccc2n3C)c1. The van der Waals surface area contributed by atoms with E-state index in [1.165, 1.54) is 18.8 Å². The Labute approximate surface area is 212 Å². The standard InChI is InChI=1S/C29H27N3O5/c1-17-7-6-8-21(13-17)32-27(33)26-25(22-14-18(2)9-11-23(22)30(26)3)31(29(32)35)16-20-15-19(28(34)37-5)10-12-24(20)36-4/h6-15H,16H2,1-5H3. The highest BCUT2D eigenvalue weighted by atomic mass is 16.5. The molecule has 0 amide bonds. The van der Waals surface area contributed by atoms with Crippen LogP contribution in [0.25, 0.3) is 27.6 Å². The normalized spacial score (nSPS) is 11.3. The van der Waals surface area contributed by atoms with E-state index >= 15 is 0 Å². The predicted octanol–water partition coefficient (Wildman–Crippen LogP) is 4.10. The summed E-state index contributed by atoms with van der Waals surface area (Å²) in [6.07, 6.45) is 0. The second kappa shape index (κ2) is 9.13. The highest BCUT2D eigenvalue weighted by molar-refractivity contribution is 6.06. The van der Waals surface area contributed by atoms with E-state index in [0.717, 1.165) is 22.0 Å². The number of hydrogen-bond donors (Lipinski definition) is 0. The lowest BCUT2D eigenvalue weighted by atomic mass is 10.1. The minimum Gasteiger partial charge on any atom is -0.496 e. The summed E-state index contributed by atoms with van der Waals surface area (Å²) in [5.41, 5.74) is 4.26. The Hall–Kier alpha value is -4.59. The van der Waals surface area contributed by atoms with Gasteiger partial charge in [-0.2, -0.15) is 0 Å². The molecule has 0 atom stereocenters. The zero-order chi connectivity index (χ0) is 26.4. The lowest BCUT2D eigenvalue weighted by Gasteiger charge is -2.16. The molecule has 8 heteroatoms. The highest BCUT2D eigenvalue weighted by Gasteiger charge is 2.22. The summed E-state index contributed by atoms with van der Waals surface area (Å²) in [5.74, 6) is 0.0179. The van der Waals surface area contributed by atoms with Gasteiger partial charge >= 0.3 is 11.7 Å². The van der Waals surface area contributed by atoms with Crippen LogP contribution in [0.4, 0.5) is 0 Å². The van der Waals surface area contributed by atoms with Crippen molar-refractivity contribution in [3.63, 3.8) is 0 Å². The van der Waals surface area contributed by atoms with Gasteiger partial charge in [0.15, 0.2) is 0 Å². The van der Waals surface area contributed by atoms with Crippen molar-refractivity contribution in [1.82, 2.24) is 13.7 Å². The molecule has 5 rings (SSSR count). The molecule has 5 aromatic rings. The van der Waals surface area contributed by atoms with Crippen LogP contribution in [-0.4, -0.2) is 33.9 Å². The summed E-state index contributed by atoms with van der Waals surface area (Å²) in [6, 6.07) is 18.1. The average molecular weight is 498 g/mol. The van der Waals surface area contributed by atoms with Crippen LogP contribution in [0.2, 0.25) is 0 Å². The largest absolute Gasteiger partial charge is 0.496 e. The van der Waals surface area contributed by atoms with Gasteiger partial charge in [0, 0.05) is 18.0 Å². The van der Waals surface area contributed by atoms with Crippen molar-refractivity contribution < 1.29 is 14.3 Å². The summed E-state index contributed by atoms with van der Waals surface area (Å²) in [6.45, 7) is 3.95. The Bertz CT molecular complexity index is 1820. The Balaban J connectivity index is 1.91. The van der Waals surface area contributed by atoms with E-state index < -0.39 is 17.2 Å². The molecule has 0 bridgehead atoms. The molecule has 188 valence electrons. The fourth-order valence-corrected chi connectivity index (χ4v) is 4.92. The smallest absolute Gasteiger partial charge is 0.337 e. The molecule has 2 aromatic heterocycles. The number of aromatic nitrogens is 3. The average Bonchev–Trinajstić information content (AvgIpc) is 3.17. The van der Waals surface area contributed by atoms with Gasteiger partial charge in [-0.3, -0.25) is 9.36 Å². The molecule has 8 nitrogen and oxygen atoms in total. The molecule has 0 aliphatic carbocycles. The highest BCUT2D eigenvalue weighted by Crippen LogP contribution is 2.29. The third-order valence-corrected chi connectivity index (χ3v) is 6.72. The molecule has 2 heterocycles. The summed E-state index contributed by atoms with van der Waals surface area (Å²) in [7, 11) is 4.68. The van der Waals surface area contributed by atoms with Crippen molar-refractivity contribution in [3.05, 3.63) is 104 Å². The van der Waals surface area contributed by atoms with E-state index in [-0.39, 0.29) is 6.54 Å². The minimum absolute atomic E-state index is 0.0719. The number of hydrogen-bond acceptors (Lipinski definition) is 5. The van der Waals surface area contributed by atoms with Crippen molar-refractivity contribution in [1.29, 1.82) is 0 Å². The molecule has 0 spiro atoms. The lowest BCUT2D eigenvalue weighted by Crippen LogP contribution is -2.39. The first kappa shape index (κ1) is 24.1. The number of benzene rings is 3. The number of carbonyl (C=O) groups excluding carboxylic acids is 1. The molecule has 0 aliphatic rings. The third-order valence-electron chi connectivity index (χ3n) is 6.72. The molecular weight excluding hydrogens is 470 g/mol. The fourth-order valence-electron chi connectivity index (χ4n) is 4.92. The van der Waals surface area contributed by atoms with E-state index in [1.807, 2.05) is 61.9 Å². The van der Waals surface area contributed by atoms with Gasteiger partial charge in [0.2, 0.25) is 0 Å². The molecule has 0 unspecified atom stereocenters. The number of ether oxygens (including phenoxy) is 2. The fraction of sp³-hybridized carbons (Fsp3) is 0.207. The van der Waals surface area contributed by atoms with Crippen LogP contribution in [-0.2, 0) is 18.3 Å². The zero-order valence-corrected chi connectivity index (χ0v) is 21.4. The van der Waals surface area contributed by atoms with Gasteiger partial charge in [-0.25, -0.2) is 14.2 Å². The van der Waals surface area contributed by atoms with Gasteiger partial charge in [-0.15, -0.1) is 0 Å². The number of methoxy groups -OCH3 is 2. The number of fused-ring (bicyclic) bond motifs is 3. The number of nitrogens with zero attached hydrogens (tertiary/aromatic N) is 3. The van der Waals surface area contributed by atoms with Crippen LogP contribution in [0, 0.1) is 13.8 Å². The zero-order valence-electron chi connectivity index (χ0n) is 21.4. The quantitative estimate of drug-likeness (QED) is 0.341. The van der Waals surface area contributed by atoms with Gasteiger partial charge in [-0.05, 0) is 61.9 Å². The number of carbonyl (C=O) groups is 1. The molecule has 0 aliphatic heterocycles. The van der Waals surface area contributed by atoms with E-state index in [2.05, 4.69) is 0 Å². The number of esters is 1. The van der Waals surface area contributed by atoms with Gasteiger partial charge in [-0.1, -0.05) is 23.8 Å². The summed E-state index contributed by atoms with van der Waals surface area (Å²) >= 11 is 0. The molecule has 0 saturated heterocycles. The molecule has 3 aromatic carbocycles. The summed E-state index contributed by atoms with van der Waals surface area (Å²) in [5, 5.41) is 0.797. The summed E-state index contributed by atoms with van der Waals surface area (Å²) in [4.78, 5) is 40.3. The van der Waals surface area contributed by atoms with Crippen LogP contribution < -0.4 is 16.0 Å². The third kappa shape index (κ3) is 3.91. The molecule has 0 fully saturated rings. The maximum absolute atomic E-state index is 14.1. The molecule has 0 saturated carbocycles. The first-order valence-electron chi connectivity index (χ1n) is 11.8. The predicted molar refractivity (Wildman–Crippen MR) is 143 cm³/mol. The molecular formula is C29H27N3O5. The Morgan fingerprint density at radius 2 is 1.65 bits per heavy atom. The monoisotopic (exact) mass is 497 g/mol. The Morgan fingerprint density at radius 1 is 0.892 bits per heavy atom. The van der Waals surface area contributed by atoms with Crippen LogP contribution in [0.3, 0.4) is 0 Å². The van der Waals surface area contributed by atoms with Crippen molar-refractivity contribution >= 4 is 27.9 Å². The van der Waals surface area contributed by atoms with Crippen LogP contribution in [0.1, 0.15) is 27.0 Å². The van der Waals surface area contributed by atoms with Crippen molar-refractivity contribution in [3.8, 4) is 11.4 Å². The molecule has 0 N–H and O–H groups in total. The van der Waals surface area contributed by atoms with Crippen molar-refractivity contribution in [2.75, 3.05) is 14.2 Å². The summed E-state index contributed by atoms with van der Waals surface area (Å²) < 4.78 is 15.1. The first-order chi connectivity index (χ1) is 17.7. The number of aryl methyl sites for hydroxylation is 3. The van der Waals surface area contributed by atoms with Crippen LogP contribution in [0.15, 0.2) is 70.3 Å². The lowest BCUT2D eigenvalue weighted by molar-refractivity contribution is 0.0600. The topological polar surface area (TPSA) is 84.5 Å². The first-order valence-corrected chi connectivity index (χ1v) is 11.8. The molecule has 37 heavy (non-hydrogen) atoms. The minimum atomic E-state index is -0.494. The maximum atomic E-state index is 14.1.